The number of aromatic nitrogens is 1. The van der Waals surface area contributed by atoms with E-state index in [1.807, 2.05) is 30.3 Å². The van der Waals surface area contributed by atoms with E-state index >= 15 is 0 Å². The number of carbonyl (C=O) groups is 1. The fraction of sp³-hybridized carbons (Fsp3) is 0.478. The summed E-state index contributed by atoms with van der Waals surface area (Å²) in [5.41, 5.74) is 2.78. The Morgan fingerprint density at radius 1 is 1.07 bits per heavy atom. The van der Waals surface area contributed by atoms with Crippen molar-refractivity contribution in [1.82, 2.24) is 10.3 Å². The number of carbonyl (C=O) groups excluding carboxylic acids is 1. The largest absolute Gasteiger partial charge is 0.489 e. The lowest BCUT2D eigenvalue weighted by atomic mass is 9.88. The fourth-order valence-electron chi connectivity index (χ4n) is 4.20. The standard InChI is InChI=1S/C23H25ClN2O3/c24-19-11-14(3-9-21(19)29-16-5-6-16)18(12-15-4-10-22(27)25-15)20-8-7-17(13-1-2-13)23(28)26-20/h3,7-9,11,13,15-16,18H,1-2,4-6,10,12H2,(H,25,27)(H,26,28)/t15-,18?/m1/s1. The van der Waals surface area contributed by atoms with Gasteiger partial charge in [0.05, 0.1) is 11.1 Å². The lowest BCUT2D eigenvalue weighted by Gasteiger charge is -2.22. The first-order valence-corrected chi connectivity index (χ1v) is 10.9. The first-order chi connectivity index (χ1) is 14.1. The van der Waals surface area contributed by atoms with E-state index in [0.717, 1.165) is 55.3 Å². The van der Waals surface area contributed by atoms with Gasteiger partial charge in [-0.05, 0) is 68.2 Å². The van der Waals surface area contributed by atoms with Gasteiger partial charge >= 0.3 is 0 Å². The van der Waals surface area contributed by atoms with Crippen LogP contribution in [0.1, 0.15) is 73.6 Å². The minimum atomic E-state index is -0.0492. The van der Waals surface area contributed by atoms with Crippen molar-refractivity contribution in [3.63, 3.8) is 0 Å². The van der Waals surface area contributed by atoms with Gasteiger partial charge in [-0.15, -0.1) is 0 Å². The van der Waals surface area contributed by atoms with Crippen molar-refractivity contribution in [3.8, 4) is 5.75 Å². The Morgan fingerprint density at radius 2 is 1.90 bits per heavy atom. The Morgan fingerprint density at radius 3 is 2.52 bits per heavy atom. The summed E-state index contributed by atoms with van der Waals surface area (Å²) in [5, 5.41) is 3.64. The summed E-state index contributed by atoms with van der Waals surface area (Å²) in [4.78, 5) is 27.4. The Balaban J connectivity index is 1.46. The fourth-order valence-corrected chi connectivity index (χ4v) is 4.43. The molecule has 1 aromatic carbocycles. The van der Waals surface area contributed by atoms with E-state index in [2.05, 4.69) is 10.3 Å². The zero-order chi connectivity index (χ0) is 20.0. The van der Waals surface area contributed by atoms with E-state index < -0.39 is 0 Å². The van der Waals surface area contributed by atoms with Gasteiger partial charge in [0, 0.05) is 29.6 Å². The molecule has 1 amide bonds. The van der Waals surface area contributed by atoms with Gasteiger partial charge in [0.25, 0.3) is 5.56 Å². The molecular formula is C23H25ClN2O3. The van der Waals surface area contributed by atoms with E-state index in [9.17, 15) is 9.59 Å². The molecule has 3 fully saturated rings. The molecule has 3 aliphatic rings. The van der Waals surface area contributed by atoms with Gasteiger partial charge < -0.3 is 15.0 Å². The van der Waals surface area contributed by atoms with Crippen LogP contribution in [0.25, 0.3) is 0 Å². The van der Waals surface area contributed by atoms with Crippen molar-refractivity contribution in [2.45, 2.75) is 68.9 Å². The van der Waals surface area contributed by atoms with Crippen LogP contribution in [0.5, 0.6) is 5.75 Å². The third-order valence-electron chi connectivity index (χ3n) is 6.14. The molecule has 1 saturated heterocycles. The number of benzene rings is 1. The van der Waals surface area contributed by atoms with E-state index in [1.54, 1.807) is 0 Å². The molecule has 2 saturated carbocycles. The second-order valence-electron chi connectivity index (χ2n) is 8.57. The molecule has 2 heterocycles. The molecular weight excluding hydrogens is 388 g/mol. The minimum absolute atomic E-state index is 0.00485. The topological polar surface area (TPSA) is 71.2 Å². The van der Waals surface area contributed by atoms with Gasteiger partial charge in [0.15, 0.2) is 0 Å². The highest BCUT2D eigenvalue weighted by molar-refractivity contribution is 6.32. The molecule has 0 radical (unpaired) electrons. The maximum Gasteiger partial charge on any atom is 0.251 e. The molecule has 1 unspecified atom stereocenters. The number of H-pyrrole nitrogens is 1. The van der Waals surface area contributed by atoms with Crippen molar-refractivity contribution in [2.24, 2.45) is 0 Å². The Kier molecular flexibility index (Phi) is 4.86. The molecule has 0 bridgehead atoms. The van der Waals surface area contributed by atoms with Gasteiger partial charge in [0.2, 0.25) is 5.91 Å². The summed E-state index contributed by atoms with van der Waals surface area (Å²) in [5.74, 6) is 1.17. The lowest BCUT2D eigenvalue weighted by molar-refractivity contribution is -0.119. The monoisotopic (exact) mass is 412 g/mol. The summed E-state index contributed by atoms with van der Waals surface area (Å²) in [6.45, 7) is 0. The number of nitrogens with one attached hydrogen (secondary N) is 2. The number of hydrogen-bond acceptors (Lipinski definition) is 3. The van der Waals surface area contributed by atoms with Crippen molar-refractivity contribution in [2.75, 3.05) is 0 Å². The van der Waals surface area contributed by atoms with Crippen LogP contribution in [0.2, 0.25) is 5.02 Å². The van der Waals surface area contributed by atoms with Gasteiger partial charge in [-0.3, -0.25) is 9.59 Å². The molecule has 5 nitrogen and oxygen atoms in total. The van der Waals surface area contributed by atoms with Crippen molar-refractivity contribution in [3.05, 3.63) is 62.5 Å². The highest BCUT2D eigenvalue weighted by Gasteiger charge is 2.30. The van der Waals surface area contributed by atoms with Crippen LogP contribution in [-0.4, -0.2) is 23.0 Å². The SMILES string of the molecule is O=C1CC[C@H](CC(c2ccc(OC3CC3)c(Cl)c2)c2ccc(C3CC3)c(=O)[nH]2)N1. The molecule has 2 aromatic rings. The summed E-state index contributed by atoms with van der Waals surface area (Å²) >= 11 is 6.51. The first-order valence-electron chi connectivity index (χ1n) is 10.6. The number of pyridine rings is 1. The highest BCUT2D eigenvalue weighted by Crippen LogP contribution is 2.40. The van der Waals surface area contributed by atoms with Gasteiger partial charge in [0.1, 0.15) is 5.75 Å². The number of halogens is 1. The molecule has 152 valence electrons. The van der Waals surface area contributed by atoms with Crippen molar-refractivity contribution >= 4 is 17.5 Å². The molecule has 29 heavy (non-hydrogen) atoms. The summed E-state index contributed by atoms with van der Waals surface area (Å²) < 4.78 is 5.87. The van der Waals surface area contributed by atoms with Crippen LogP contribution in [0, 0.1) is 0 Å². The van der Waals surface area contributed by atoms with Gasteiger partial charge in [-0.25, -0.2) is 0 Å². The molecule has 1 aliphatic heterocycles. The highest BCUT2D eigenvalue weighted by atomic mass is 35.5. The lowest BCUT2D eigenvalue weighted by Crippen LogP contribution is -2.28. The Labute approximate surface area is 174 Å². The summed E-state index contributed by atoms with van der Waals surface area (Å²) in [6, 6.07) is 9.98. The number of amides is 1. The van der Waals surface area contributed by atoms with Crippen LogP contribution >= 0.6 is 11.6 Å². The smallest absolute Gasteiger partial charge is 0.251 e. The van der Waals surface area contributed by atoms with Crippen LogP contribution in [0.4, 0.5) is 0 Å². The minimum Gasteiger partial charge on any atom is -0.489 e. The van der Waals surface area contributed by atoms with Crippen LogP contribution < -0.4 is 15.6 Å². The normalized spacial score (nSPS) is 22.4. The first kappa shape index (κ1) is 18.7. The van der Waals surface area contributed by atoms with Crippen LogP contribution in [0.3, 0.4) is 0 Å². The van der Waals surface area contributed by atoms with Crippen LogP contribution in [0.15, 0.2) is 35.1 Å². The second-order valence-corrected chi connectivity index (χ2v) is 8.98. The molecule has 6 heteroatoms. The van der Waals surface area contributed by atoms with Gasteiger partial charge in [-0.2, -0.15) is 0 Å². The van der Waals surface area contributed by atoms with E-state index in [0.29, 0.717) is 23.1 Å². The average molecular weight is 413 g/mol. The van der Waals surface area contributed by atoms with Crippen LogP contribution in [-0.2, 0) is 4.79 Å². The van der Waals surface area contributed by atoms with Crippen molar-refractivity contribution < 1.29 is 9.53 Å². The molecule has 2 aliphatic carbocycles. The molecule has 5 rings (SSSR count). The Hall–Kier alpha value is -2.27. The predicted molar refractivity (Wildman–Crippen MR) is 112 cm³/mol. The predicted octanol–water partition coefficient (Wildman–Crippen LogP) is 4.25. The third kappa shape index (κ3) is 4.20. The van der Waals surface area contributed by atoms with E-state index in [-0.39, 0.29) is 29.5 Å². The number of hydrogen-bond donors (Lipinski definition) is 2. The van der Waals surface area contributed by atoms with Crippen molar-refractivity contribution in [1.29, 1.82) is 0 Å². The zero-order valence-corrected chi connectivity index (χ0v) is 17.0. The molecule has 2 atom stereocenters. The summed E-state index contributed by atoms with van der Waals surface area (Å²) in [6.07, 6.45) is 6.74. The Bertz CT molecular complexity index is 994. The van der Waals surface area contributed by atoms with E-state index in [4.69, 9.17) is 16.3 Å². The zero-order valence-electron chi connectivity index (χ0n) is 16.2. The second kappa shape index (κ2) is 7.52. The number of aromatic amines is 1. The number of ether oxygens (including phenoxy) is 1. The molecule has 0 spiro atoms. The van der Waals surface area contributed by atoms with Gasteiger partial charge in [-0.1, -0.05) is 23.7 Å². The maximum absolute atomic E-state index is 12.6. The third-order valence-corrected chi connectivity index (χ3v) is 6.43. The molecule has 1 aromatic heterocycles. The average Bonchev–Trinajstić information content (AvgIpc) is 3.62. The quantitative estimate of drug-likeness (QED) is 0.714. The maximum atomic E-state index is 12.6. The molecule has 2 N–H and O–H groups in total. The number of rotatable bonds is 7. The van der Waals surface area contributed by atoms with E-state index in [1.165, 1.54) is 0 Å². The summed E-state index contributed by atoms with van der Waals surface area (Å²) in [7, 11) is 0.